The monoisotopic (exact) mass is 428 g/mol. The van der Waals surface area contributed by atoms with Crippen LogP contribution in [0.25, 0.3) is 11.6 Å². The zero-order chi connectivity index (χ0) is 22.5. The molecule has 1 heterocycles. The normalized spacial score (nSPS) is 13.8. The lowest BCUT2D eigenvalue weighted by molar-refractivity contribution is -0.118. The lowest BCUT2D eigenvalue weighted by atomic mass is 10.0. The molecule has 0 unspecified atom stereocenters. The van der Waals surface area contributed by atoms with E-state index < -0.39 is 0 Å². The molecule has 1 aliphatic heterocycles. The van der Waals surface area contributed by atoms with Gasteiger partial charge in [0.2, 0.25) is 0 Å². The van der Waals surface area contributed by atoms with Crippen LogP contribution in [-0.4, -0.2) is 32.1 Å². The van der Waals surface area contributed by atoms with E-state index in [4.69, 9.17) is 9.47 Å². The van der Waals surface area contributed by atoms with Crippen molar-refractivity contribution in [1.82, 2.24) is 0 Å². The first-order chi connectivity index (χ1) is 15.6. The molecule has 0 spiro atoms. The molecule has 3 aromatic rings. The molecule has 0 aliphatic carbocycles. The Kier molecular flexibility index (Phi) is 6.22. The van der Waals surface area contributed by atoms with Crippen molar-refractivity contribution in [3.8, 4) is 11.5 Å². The molecular formula is C26H24N2O4. The highest BCUT2D eigenvalue weighted by atomic mass is 16.5. The van der Waals surface area contributed by atoms with Crippen LogP contribution in [0.15, 0.2) is 72.8 Å². The summed E-state index contributed by atoms with van der Waals surface area (Å²) in [5, 5.41) is 2.79. The van der Waals surface area contributed by atoms with Gasteiger partial charge in [-0.2, -0.15) is 0 Å². The first kappa shape index (κ1) is 21.2. The number of nitrogens with one attached hydrogen (secondary N) is 1. The van der Waals surface area contributed by atoms with E-state index in [1.54, 1.807) is 18.0 Å². The molecule has 3 aromatic carbocycles. The van der Waals surface area contributed by atoms with E-state index >= 15 is 0 Å². The lowest BCUT2D eigenvalue weighted by Gasteiger charge is -2.13. The van der Waals surface area contributed by atoms with Crippen molar-refractivity contribution in [1.29, 1.82) is 0 Å². The minimum Gasteiger partial charge on any atom is -0.490 e. The topological polar surface area (TPSA) is 67.9 Å². The SMILES string of the molecule is CCOc1cc(/C=C2/C(=O)N(C)c3ccccc32)ccc1OCC(=O)Nc1ccccc1. The van der Waals surface area contributed by atoms with Crippen molar-refractivity contribution in [2.45, 2.75) is 6.92 Å². The molecule has 0 bridgehead atoms. The molecule has 32 heavy (non-hydrogen) atoms. The number of hydrogen-bond donors (Lipinski definition) is 1. The highest BCUT2D eigenvalue weighted by Crippen LogP contribution is 2.37. The smallest absolute Gasteiger partial charge is 0.262 e. The van der Waals surface area contributed by atoms with Crippen LogP contribution in [0.3, 0.4) is 0 Å². The van der Waals surface area contributed by atoms with Crippen LogP contribution in [-0.2, 0) is 9.59 Å². The maximum absolute atomic E-state index is 12.7. The van der Waals surface area contributed by atoms with Crippen molar-refractivity contribution in [3.05, 3.63) is 83.9 Å². The zero-order valence-electron chi connectivity index (χ0n) is 18.0. The van der Waals surface area contributed by atoms with Crippen LogP contribution in [0.1, 0.15) is 18.1 Å². The van der Waals surface area contributed by atoms with Gasteiger partial charge >= 0.3 is 0 Å². The third kappa shape index (κ3) is 4.49. The van der Waals surface area contributed by atoms with Crippen molar-refractivity contribution in [3.63, 3.8) is 0 Å². The Hall–Kier alpha value is -4.06. The van der Waals surface area contributed by atoms with Crippen LogP contribution in [0.4, 0.5) is 11.4 Å². The summed E-state index contributed by atoms with van der Waals surface area (Å²) < 4.78 is 11.4. The van der Waals surface area contributed by atoms with E-state index in [2.05, 4.69) is 5.32 Å². The average Bonchev–Trinajstić information content (AvgIpc) is 3.04. The van der Waals surface area contributed by atoms with E-state index in [1.165, 1.54) is 0 Å². The quantitative estimate of drug-likeness (QED) is 0.558. The van der Waals surface area contributed by atoms with Gasteiger partial charge in [-0.05, 0) is 48.9 Å². The number of rotatable bonds is 7. The molecule has 1 N–H and O–H groups in total. The molecule has 0 atom stereocenters. The third-order valence-electron chi connectivity index (χ3n) is 5.09. The van der Waals surface area contributed by atoms with E-state index in [0.717, 1.165) is 16.8 Å². The Morgan fingerprint density at radius 3 is 2.50 bits per heavy atom. The highest BCUT2D eigenvalue weighted by molar-refractivity contribution is 6.35. The summed E-state index contributed by atoms with van der Waals surface area (Å²) >= 11 is 0. The fourth-order valence-corrected chi connectivity index (χ4v) is 3.57. The summed E-state index contributed by atoms with van der Waals surface area (Å²) in [6.45, 7) is 2.17. The van der Waals surface area contributed by atoms with E-state index in [-0.39, 0.29) is 18.4 Å². The number of para-hydroxylation sites is 2. The Morgan fingerprint density at radius 1 is 0.969 bits per heavy atom. The van der Waals surface area contributed by atoms with E-state index in [0.29, 0.717) is 29.4 Å². The van der Waals surface area contributed by atoms with Crippen molar-refractivity contribution in [2.24, 2.45) is 0 Å². The van der Waals surface area contributed by atoms with Gasteiger partial charge in [-0.3, -0.25) is 9.59 Å². The van der Waals surface area contributed by atoms with Crippen LogP contribution in [0, 0.1) is 0 Å². The van der Waals surface area contributed by atoms with Gasteiger partial charge in [0, 0.05) is 23.9 Å². The molecule has 6 heteroatoms. The number of fused-ring (bicyclic) bond motifs is 1. The standard InChI is InChI=1S/C26H24N2O4/c1-3-31-24-16-18(15-21-20-11-7-8-12-22(20)28(2)26(21)30)13-14-23(24)32-17-25(29)27-19-9-5-4-6-10-19/h4-16H,3,17H2,1-2H3,(H,27,29)/b21-15+. The first-order valence-corrected chi connectivity index (χ1v) is 10.4. The molecule has 6 nitrogen and oxygen atoms in total. The second-order valence-corrected chi connectivity index (χ2v) is 7.28. The molecular weight excluding hydrogens is 404 g/mol. The van der Waals surface area contributed by atoms with Crippen LogP contribution < -0.4 is 19.7 Å². The molecule has 1 aliphatic rings. The van der Waals surface area contributed by atoms with E-state index in [9.17, 15) is 9.59 Å². The number of anilines is 2. The number of carbonyl (C=O) groups excluding carboxylic acids is 2. The van der Waals surface area contributed by atoms with Crippen molar-refractivity contribution in [2.75, 3.05) is 30.5 Å². The summed E-state index contributed by atoms with van der Waals surface area (Å²) in [4.78, 5) is 26.6. The van der Waals surface area contributed by atoms with Crippen LogP contribution in [0.5, 0.6) is 11.5 Å². The number of hydrogen-bond acceptors (Lipinski definition) is 4. The summed E-state index contributed by atoms with van der Waals surface area (Å²) in [5.41, 5.74) is 3.93. The van der Waals surface area contributed by atoms with Gasteiger partial charge in [-0.1, -0.05) is 42.5 Å². The molecule has 0 fully saturated rings. The van der Waals surface area contributed by atoms with Gasteiger partial charge in [-0.25, -0.2) is 0 Å². The third-order valence-corrected chi connectivity index (χ3v) is 5.09. The Bertz CT molecular complexity index is 1170. The average molecular weight is 428 g/mol. The maximum atomic E-state index is 12.7. The van der Waals surface area contributed by atoms with Crippen LogP contribution in [0.2, 0.25) is 0 Å². The molecule has 0 aromatic heterocycles. The van der Waals surface area contributed by atoms with Crippen LogP contribution >= 0.6 is 0 Å². The fraction of sp³-hybridized carbons (Fsp3) is 0.154. The molecule has 0 radical (unpaired) electrons. The maximum Gasteiger partial charge on any atom is 0.262 e. The van der Waals surface area contributed by atoms with Gasteiger partial charge in [-0.15, -0.1) is 0 Å². The van der Waals surface area contributed by atoms with Gasteiger partial charge < -0.3 is 19.7 Å². The number of carbonyl (C=O) groups is 2. The highest BCUT2D eigenvalue weighted by Gasteiger charge is 2.29. The summed E-state index contributed by atoms with van der Waals surface area (Å²) in [7, 11) is 1.77. The zero-order valence-corrected chi connectivity index (χ0v) is 18.0. The van der Waals surface area contributed by atoms with Crippen molar-refractivity contribution < 1.29 is 19.1 Å². The summed E-state index contributed by atoms with van der Waals surface area (Å²) in [5.74, 6) is 0.664. The van der Waals surface area contributed by atoms with E-state index in [1.807, 2.05) is 79.7 Å². The summed E-state index contributed by atoms with van der Waals surface area (Å²) in [6, 6.07) is 22.3. The number of ether oxygens (including phenoxy) is 2. The summed E-state index contributed by atoms with van der Waals surface area (Å²) in [6.07, 6.45) is 1.85. The molecule has 0 saturated heterocycles. The molecule has 0 saturated carbocycles. The van der Waals surface area contributed by atoms with Gasteiger partial charge in [0.15, 0.2) is 18.1 Å². The predicted octanol–water partition coefficient (Wildman–Crippen LogP) is 4.62. The number of amides is 2. The minimum absolute atomic E-state index is 0.0536. The Labute approximate surface area is 187 Å². The number of nitrogens with zero attached hydrogens (tertiary/aromatic N) is 1. The Balaban J connectivity index is 1.53. The second-order valence-electron chi connectivity index (χ2n) is 7.28. The Morgan fingerprint density at radius 2 is 1.72 bits per heavy atom. The molecule has 2 amide bonds. The molecule has 4 rings (SSSR count). The van der Waals surface area contributed by atoms with Gasteiger partial charge in [0.05, 0.1) is 12.3 Å². The number of benzene rings is 3. The number of likely N-dealkylation sites (N-methyl/N-ethyl adjacent to an activating group) is 1. The molecule has 162 valence electrons. The predicted molar refractivity (Wildman–Crippen MR) is 126 cm³/mol. The second kappa shape index (κ2) is 9.39. The minimum atomic E-state index is -0.263. The van der Waals surface area contributed by atoms with Gasteiger partial charge in [0.1, 0.15) is 0 Å². The van der Waals surface area contributed by atoms with Crippen molar-refractivity contribution >= 4 is 34.8 Å². The fourth-order valence-electron chi connectivity index (χ4n) is 3.57. The largest absolute Gasteiger partial charge is 0.490 e. The lowest BCUT2D eigenvalue weighted by Crippen LogP contribution is -2.20. The first-order valence-electron chi connectivity index (χ1n) is 10.4. The van der Waals surface area contributed by atoms with Gasteiger partial charge in [0.25, 0.3) is 11.8 Å².